The average molecular weight is 209 g/mol. The van der Waals surface area contributed by atoms with Crippen LogP contribution < -0.4 is 0 Å². The molecule has 1 aliphatic carbocycles. The zero-order valence-corrected chi connectivity index (χ0v) is 9.61. The van der Waals surface area contributed by atoms with Gasteiger partial charge in [-0.15, -0.1) is 0 Å². The van der Waals surface area contributed by atoms with Crippen LogP contribution in [0.3, 0.4) is 0 Å². The molecule has 0 bridgehead atoms. The molecule has 0 aromatic heterocycles. The van der Waals surface area contributed by atoms with Gasteiger partial charge < -0.3 is 0 Å². The molecule has 3 rings (SSSR count). The fourth-order valence-corrected chi connectivity index (χ4v) is 3.99. The van der Waals surface area contributed by atoms with Gasteiger partial charge in [-0.05, 0) is 37.9 Å². The van der Waals surface area contributed by atoms with Crippen LogP contribution in [0.4, 0.5) is 0 Å². The Hall–Kier alpha value is 0.0500. The molecule has 2 saturated heterocycles. The van der Waals surface area contributed by atoms with Crippen molar-refractivity contribution in [2.45, 2.75) is 38.1 Å². The smallest absolute Gasteiger partial charge is 0.0194 e. The Morgan fingerprint density at radius 3 is 2.29 bits per heavy atom. The van der Waals surface area contributed by atoms with E-state index in [-0.39, 0.29) is 0 Å². The Morgan fingerprint density at radius 1 is 1.00 bits per heavy atom. The summed E-state index contributed by atoms with van der Waals surface area (Å²) in [6.45, 7) is 2.70. The van der Waals surface area contributed by atoms with Gasteiger partial charge in [0, 0.05) is 24.9 Å². The summed E-state index contributed by atoms with van der Waals surface area (Å²) in [6.07, 6.45) is 7.06. The maximum atomic E-state index is 2.74. The molecule has 1 atom stereocenters. The molecule has 0 radical (unpaired) electrons. The Kier molecular flexibility index (Phi) is 2.59. The second-order valence-electron chi connectivity index (χ2n) is 4.76. The van der Waals surface area contributed by atoms with Crippen LogP contribution in [0.5, 0.6) is 0 Å². The van der Waals surface area contributed by atoms with Gasteiger partial charge >= 0.3 is 0 Å². The normalized spacial score (nSPS) is 33.9. The Labute approximate surface area is 90.9 Å². The molecule has 2 aliphatic heterocycles. The Morgan fingerprint density at radius 2 is 1.71 bits per heavy atom. The van der Waals surface area contributed by atoms with Crippen LogP contribution in [0.25, 0.3) is 0 Å². The van der Waals surface area contributed by atoms with Crippen molar-refractivity contribution in [3.8, 4) is 0 Å². The molecular formula is C12H19NS. The topological polar surface area (TPSA) is 3.24 Å². The van der Waals surface area contributed by atoms with Gasteiger partial charge in [0.05, 0.1) is 0 Å². The van der Waals surface area contributed by atoms with Crippen molar-refractivity contribution in [2.24, 2.45) is 0 Å². The minimum atomic E-state index is 0.922. The van der Waals surface area contributed by atoms with Gasteiger partial charge in [-0.1, -0.05) is 11.1 Å². The lowest BCUT2D eigenvalue weighted by atomic mass is 10.0. The summed E-state index contributed by atoms with van der Waals surface area (Å²) >= 11 is 2.14. The van der Waals surface area contributed by atoms with Crippen LogP contribution in [0.15, 0.2) is 11.1 Å². The Balaban J connectivity index is 1.57. The summed E-state index contributed by atoms with van der Waals surface area (Å²) < 4.78 is 0. The highest BCUT2D eigenvalue weighted by Gasteiger charge is 2.27. The lowest BCUT2D eigenvalue weighted by Gasteiger charge is -2.33. The number of piperidine rings is 1. The summed E-state index contributed by atoms with van der Waals surface area (Å²) in [4.78, 5) is 2.74. The molecule has 3 fully saturated rings. The van der Waals surface area contributed by atoms with Crippen molar-refractivity contribution in [1.82, 2.24) is 4.90 Å². The summed E-state index contributed by atoms with van der Waals surface area (Å²) in [5.41, 5.74) is 3.64. The van der Waals surface area contributed by atoms with Gasteiger partial charge in [-0.25, -0.2) is 0 Å². The molecule has 0 aromatic rings. The SMILES string of the molecule is C1CC(N2CCC(=C3CC3)CC2)CS1. The predicted octanol–water partition coefficient (Wildman–Crippen LogP) is 2.68. The van der Waals surface area contributed by atoms with Gasteiger partial charge in [0.2, 0.25) is 0 Å². The zero-order valence-electron chi connectivity index (χ0n) is 8.80. The number of thioether (sulfide) groups is 1. The number of hydrogen-bond donors (Lipinski definition) is 0. The van der Waals surface area contributed by atoms with Gasteiger partial charge in [0.1, 0.15) is 0 Å². The summed E-state index contributed by atoms with van der Waals surface area (Å²) in [5.74, 6) is 2.79. The van der Waals surface area contributed by atoms with E-state index in [2.05, 4.69) is 16.7 Å². The van der Waals surface area contributed by atoms with Crippen molar-refractivity contribution in [2.75, 3.05) is 24.6 Å². The third kappa shape index (κ3) is 1.87. The molecule has 1 nitrogen and oxygen atoms in total. The van der Waals surface area contributed by atoms with Crippen LogP contribution in [-0.2, 0) is 0 Å². The van der Waals surface area contributed by atoms with Crippen molar-refractivity contribution < 1.29 is 0 Å². The molecule has 1 saturated carbocycles. The molecular weight excluding hydrogens is 190 g/mol. The lowest BCUT2D eigenvalue weighted by Crippen LogP contribution is -2.39. The van der Waals surface area contributed by atoms with E-state index in [0.717, 1.165) is 6.04 Å². The molecule has 3 aliphatic rings. The van der Waals surface area contributed by atoms with E-state index < -0.39 is 0 Å². The fraction of sp³-hybridized carbons (Fsp3) is 0.833. The number of likely N-dealkylation sites (tertiary alicyclic amines) is 1. The molecule has 1 unspecified atom stereocenters. The first-order valence-electron chi connectivity index (χ1n) is 5.95. The lowest BCUT2D eigenvalue weighted by molar-refractivity contribution is 0.198. The standard InChI is InChI=1S/C12H19NS/c1-2-10(1)11-3-6-13(7-4-11)12-5-8-14-9-12/h12H,1-9H2. The minimum absolute atomic E-state index is 0.922. The van der Waals surface area contributed by atoms with Crippen molar-refractivity contribution in [3.63, 3.8) is 0 Å². The van der Waals surface area contributed by atoms with Gasteiger partial charge in [0.25, 0.3) is 0 Å². The minimum Gasteiger partial charge on any atom is -0.299 e. The maximum absolute atomic E-state index is 2.74. The van der Waals surface area contributed by atoms with Crippen LogP contribution in [-0.4, -0.2) is 35.5 Å². The third-order valence-electron chi connectivity index (χ3n) is 3.82. The first-order valence-corrected chi connectivity index (χ1v) is 7.10. The first kappa shape index (κ1) is 9.29. The molecule has 2 heteroatoms. The van der Waals surface area contributed by atoms with Crippen molar-refractivity contribution in [3.05, 3.63) is 11.1 Å². The number of rotatable bonds is 1. The highest BCUT2D eigenvalue weighted by molar-refractivity contribution is 7.99. The highest BCUT2D eigenvalue weighted by atomic mass is 32.2. The summed E-state index contributed by atoms with van der Waals surface area (Å²) in [6, 6.07) is 0.922. The first-order chi connectivity index (χ1) is 6.93. The van der Waals surface area contributed by atoms with Crippen LogP contribution >= 0.6 is 11.8 Å². The van der Waals surface area contributed by atoms with Crippen LogP contribution in [0.2, 0.25) is 0 Å². The average Bonchev–Trinajstić information content (AvgIpc) is 2.94. The fourth-order valence-electron chi connectivity index (χ4n) is 2.74. The second kappa shape index (κ2) is 3.90. The number of nitrogens with zero attached hydrogens (tertiary/aromatic N) is 1. The van der Waals surface area contributed by atoms with Gasteiger partial charge in [-0.3, -0.25) is 4.90 Å². The maximum Gasteiger partial charge on any atom is 0.0194 e. The summed E-state index contributed by atoms with van der Waals surface area (Å²) in [7, 11) is 0. The van der Waals surface area contributed by atoms with E-state index in [0.29, 0.717) is 0 Å². The van der Waals surface area contributed by atoms with E-state index in [9.17, 15) is 0 Å². The van der Waals surface area contributed by atoms with E-state index in [1.54, 1.807) is 0 Å². The Bertz CT molecular complexity index is 237. The van der Waals surface area contributed by atoms with E-state index in [4.69, 9.17) is 0 Å². The molecule has 14 heavy (non-hydrogen) atoms. The quantitative estimate of drug-likeness (QED) is 0.611. The third-order valence-corrected chi connectivity index (χ3v) is 4.97. The number of allylic oxidation sites excluding steroid dienone is 1. The monoisotopic (exact) mass is 209 g/mol. The van der Waals surface area contributed by atoms with Gasteiger partial charge in [-0.2, -0.15) is 11.8 Å². The van der Waals surface area contributed by atoms with E-state index >= 15 is 0 Å². The molecule has 0 N–H and O–H groups in total. The van der Waals surface area contributed by atoms with Gasteiger partial charge in [0.15, 0.2) is 0 Å². The van der Waals surface area contributed by atoms with Crippen LogP contribution in [0, 0.1) is 0 Å². The molecule has 78 valence electrons. The second-order valence-corrected chi connectivity index (χ2v) is 5.91. The predicted molar refractivity (Wildman–Crippen MR) is 62.8 cm³/mol. The largest absolute Gasteiger partial charge is 0.299 e. The zero-order chi connectivity index (χ0) is 9.38. The van der Waals surface area contributed by atoms with Crippen LogP contribution in [0.1, 0.15) is 32.1 Å². The molecule has 0 aromatic carbocycles. The molecule has 0 spiro atoms. The molecule has 0 amide bonds. The number of hydrogen-bond acceptors (Lipinski definition) is 2. The molecule has 2 heterocycles. The van der Waals surface area contributed by atoms with Crippen molar-refractivity contribution in [1.29, 1.82) is 0 Å². The highest BCUT2D eigenvalue weighted by Crippen LogP contribution is 2.37. The van der Waals surface area contributed by atoms with Crippen molar-refractivity contribution >= 4 is 11.8 Å². The summed E-state index contributed by atoms with van der Waals surface area (Å²) in [5, 5.41) is 0. The van der Waals surface area contributed by atoms with E-state index in [1.807, 2.05) is 11.1 Å². The van der Waals surface area contributed by atoms with E-state index in [1.165, 1.54) is 56.7 Å².